The zero-order chi connectivity index (χ0) is 13.9. The van der Waals surface area contributed by atoms with Gasteiger partial charge in [-0.15, -0.1) is 35.3 Å². The summed E-state index contributed by atoms with van der Waals surface area (Å²) in [5.74, 6) is 0.912. The maximum absolute atomic E-state index is 4.66. The van der Waals surface area contributed by atoms with Crippen LogP contribution in [0, 0.1) is 0 Å². The summed E-state index contributed by atoms with van der Waals surface area (Å²) in [5, 5.41) is 9.98. The van der Waals surface area contributed by atoms with Crippen molar-refractivity contribution in [3.05, 3.63) is 16.1 Å². The van der Waals surface area contributed by atoms with E-state index in [0.29, 0.717) is 12.6 Å². The van der Waals surface area contributed by atoms with Crippen molar-refractivity contribution in [3.63, 3.8) is 0 Å². The molecule has 4 nitrogen and oxygen atoms in total. The topological polar surface area (TPSA) is 49.3 Å². The van der Waals surface area contributed by atoms with Crippen molar-refractivity contribution >= 4 is 41.3 Å². The molecule has 1 aliphatic carbocycles. The molecule has 114 valence electrons. The van der Waals surface area contributed by atoms with Crippen molar-refractivity contribution < 1.29 is 0 Å². The number of aliphatic imine (C=N–C) groups is 1. The lowest BCUT2D eigenvalue weighted by Crippen LogP contribution is -2.38. The normalized spacial score (nSPS) is 15.7. The second kappa shape index (κ2) is 7.59. The van der Waals surface area contributed by atoms with Crippen LogP contribution in [0.3, 0.4) is 0 Å². The summed E-state index contributed by atoms with van der Waals surface area (Å²) in [6.07, 6.45) is 2.52. The van der Waals surface area contributed by atoms with Gasteiger partial charge in [0.1, 0.15) is 0 Å². The van der Waals surface area contributed by atoms with E-state index in [2.05, 4.69) is 53.7 Å². The minimum atomic E-state index is 0. The number of guanidine groups is 1. The summed E-state index contributed by atoms with van der Waals surface area (Å²) in [4.78, 5) is 9.26. The molecule has 0 bridgehead atoms. The summed E-state index contributed by atoms with van der Waals surface area (Å²) in [6, 6.07) is 0.623. The van der Waals surface area contributed by atoms with Crippen molar-refractivity contribution in [2.75, 3.05) is 6.54 Å². The molecule has 1 aliphatic rings. The summed E-state index contributed by atoms with van der Waals surface area (Å²) in [5.41, 5.74) is 1.19. The highest BCUT2D eigenvalue weighted by molar-refractivity contribution is 14.0. The van der Waals surface area contributed by atoms with Crippen molar-refractivity contribution in [2.45, 2.75) is 58.5 Å². The lowest BCUT2D eigenvalue weighted by atomic mass is 9.98. The second-order valence-corrected chi connectivity index (χ2v) is 6.87. The maximum atomic E-state index is 4.66. The third kappa shape index (κ3) is 5.55. The van der Waals surface area contributed by atoms with E-state index >= 15 is 0 Å². The van der Waals surface area contributed by atoms with E-state index in [9.17, 15) is 0 Å². The molecular formula is C14H25IN4S. The van der Waals surface area contributed by atoms with Gasteiger partial charge in [-0.2, -0.15) is 0 Å². The standard InChI is InChI=1S/C14H24N4S.HI/c1-5-15-13(18-10-6-7-10)16-8-11-9-19-12(17-11)14(2,3)4;/h9-10H,5-8H2,1-4H3,(H2,15,16,18);1H. The Morgan fingerprint density at radius 2 is 2.15 bits per heavy atom. The van der Waals surface area contributed by atoms with Crippen LogP contribution in [0.1, 0.15) is 51.2 Å². The molecule has 6 heteroatoms. The van der Waals surface area contributed by atoms with E-state index in [1.807, 2.05) is 0 Å². The van der Waals surface area contributed by atoms with E-state index < -0.39 is 0 Å². The largest absolute Gasteiger partial charge is 0.357 e. The summed E-state index contributed by atoms with van der Waals surface area (Å²) < 4.78 is 0. The Morgan fingerprint density at radius 1 is 1.45 bits per heavy atom. The molecule has 1 aromatic heterocycles. The molecule has 0 aliphatic heterocycles. The first-order valence-corrected chi connectivity index (χ1v) is 7.86. The quantitative estimate of drug-likeness (QED) is 0.457. The number of rotatable bonds is 4. The molecule has 0 amide bonds. The molecule has 0 aromatic carbocycles. The Morgan fingerprint density at radius 3 is 2.65 bits per heavy atom. The smallest absolute Gasteiger partial charge is 0.191 e. The number of hydrogen-bond donors (Lipinski definition) is 2. The van der Waals surface area contributed by atoms with Gasteiger partial charge in [-0.05, 0) is 19.8 Å². The SMILES string of the molecule is CCNC(=NCc1csc(C(C)(C)C)n1)NC1CC1.I. The van der Waals surface area contributed by atoms with Gasteiger partial charge in [0.2, 0.25) is 0 Å². The van der Waals surface area contributed by atoms with Crippen LogP contribution in [0.4, 0.5) is 0 Å². The Bertz CT molecular complexity index is 446. The number of halogens is 1. The highest BCUT2D eigenvalue weighted by Gasteiger charge is 2.22. The maximum Gasteiger partial charge on any atom is 0.191 e. The van der Waals surface area contributed by atoms with Gasteiger partial charge in [-0.3, -0.25) is 0 Å². The highest BCUT2D eigenvalue weighted by atomic mass is 127. The molecular weight excluding hydrogens is 383 g/mol. The Kier molecular flexibility index (Phi) is 6.71. The minimum absolute atomic E-state index is 0. The fourth-order valence-corrected chi connectivity index (χ4v) is 2.52. The van der Waals surface area contributed by atoms with Crippen molar-refractivity contribution in [2.24, 2.45) is 4.99 Å². The average Bonchev–Trinajstić information content (AvgIpc) is 3.00. The predicted molar refractivity (Wildman–Crippen MR) is 97.2 cm³/mol. The molecule has 0 atom stereocenters. The van der Waals surface area contributed by atoms with Gasteiger partial charge < -0.3 is 10.6 Å². The molecule has 0 radical (unpaired) electrons. The van der Waals surface area contributed by atoms with Crippen LogP contribution in [0.25, 0.3) is 0 Å². The summed E-state index contributed by atoms with van der Waals surface area (Å²) in [6.45, 7) is 10.2. The Labute approximate surface area is 142 Å². The first-order chi connectivity index (χ1) is 8.99. The van der Waals surface area contributed by atoms with E-state index in [-0.39, 0.29) is 29.4 Å². The number of hydrogen-bond acceptors (Lipinski definition) is 3. The third-order valence-electron chi connectivity index (χ3n) is 2.85. The van der Waals surface area contributed by atoms with E-state index in [1.54, 1.807) is 11.3 Å². The molecule has 1 fully saturated rings. The van der Waals surface area contributed by atoms with Gasteiger partial charge in [-0.25, -0.2) is 9.98 Å². The van der Waals surface area contributed by atoms with Crippen LogP contribution in [0.15, 0.2) is 10.4 Å². The molecule has 0 unspecified atom stereocenters. The number of aromatic nitrogens is 1. The summed E-state index contributed by atoms with van der Waals surface area (Å²) >= 11 is 1.73. The van der Waals surface area contributed by atoms with Crippen LogP contribution in [0.5, 0.6) is 0 Å². The van der Waals surface area contributed by atoms with Crippen LogP contribution >= 0.6 is 35.3 Å². The highest BCUT2D eigenvalue weighted by Crippen LogP contribution is 2.25. The molecule has 1 saturated carbocycles. The third-order valence-corrected chi connectivity index (χ3v) is 4.17. The zero-order valence-corrected chi connectivity index (χ0v) is 15.8. The van der Waals surface area contributed by atoms with Crippen LogP contribution in [-0.4, -0.2) is 23.5 Å². The van der Waals surface area contributed by atoms with Gasteiger partial charge in [0, 0.05) is 23.4 Å². The monoisotopic (exact) mass is 408 g/mol. The number of thiazole rings is 1. The Balaban J connectivity index is 0.00000200. The molecule has 1 heterocycles. The first kappa shape index (κ1) is 17.7. The van der Waals surface area contributed by atoms with E-state index in [0.717, 1.165) is 18.2 Å². The van der Waals surface area contributed by atoms with Gasteiger partial charge in [0.05, 0.1) is 17.2 Å². The molecule has 2 rings (SSSR count). The van der Waals surface area contributed by atoms with Crippen LogP contribution in [-0.2, 0) is 12.0 Å². The fraction of sp³-hybridized carbons (Fsp3) is 0.714. The molecule has 1 aromatic rings. The minimum Gasteiger partial charge on any atom is -0.357 e. The number of nitrogens with one attached hydrogen (secondary N) is 2. The molecule has 20 heavy (non-hydrogen) atoms. The van der Waals surface area contributed by atoms with Gasteiger partial charge in [0.25, 0.3) is 0 Å². The summed E-state index contributed by atoms with van der Waals surface area (Å²) in [7, 11) is 0. The zero-order valence-electron chi connectivity index (χ0n) is 12.7. The molecule has 2 N–H and O–H groups in total. The van der Waals surface area contributed by atoms with Gasteiger partial charge >= 0.3 is 0 Å². The van der Waals surface area contributed by atoms with E-state index in [1.165, 1.54) is 17.8 Å². The van der Waals surface area contributed by atoms with Crippen LogP contribution < -0.4 is 10.6 Å². The number of nitrogens with zero attached hydrogens (tertiary/aromatic N) is 2. The van der Waals surface area contributed by atoms with Crippen LogP contribution in [0.2, 0.25) is 0 Å². The van der Waals surface area contributed by atoms with Crippen molar-refractivity contribution in [3.8, 4) is 0 Å². The first-order valence-electron chi connectivity index (χ1n) is 6.98. The Hall–Kier alpha value is -0.370. The van der Waals surface area contributed by atoms with Gasteiger partial charge in [0.15, 0.2) is 5.96 Å². The predicted octanol–water partition coefficient (Wildman–Crippen LogP) is 3.28. The fourth-order valence-electron chi connectivity index (χ4n) is 1.63. The van der Waals surface area contributed by atoms with Crippen molar-refractivity contribution in [1.29, 1.82) is 0 Å². The lowest BCUT2D eigenvalue weighted by Gasteiger charge is -2.13. The average molecular weight is 408 g/mol. The second-order valence-electron chi connectivity index (χ2n) is 6.01. The molecule has 0 spiro atoms. The van der Waals surface area contributed by atoms with Crippen molar-refractivity contribution in [1.82, 2.24) is 15.6 Å². The molecule has 0 saturated heterocycles. The van der Waals surface area contributed by atoms with E-state index in [4.69, 9.17) is 0 Å². The van der Waals surface area contributed by atoms with Gasteiger partial charge in [-0.1, -0.05) is 20.8 Å². The lowest BCUT2D eigenvalue weighted by molar-refractivity contribution is 0.583.